The maximum atomic E-state index is 10.8. The summed E-state index contributed by atoms with van der Waals surface area (Å²) in [5.41, 5.74) is 0. The fourth-order valence-corrected chi connectivity index (χ4v) is 1.73. The Morgan fingerprint density at radius 1 is 1.43 bits per heavy atom. The van der Waals surface area contributed by atoms with E-state index in [1.807, 2.05) is 0 Å². The van der Waals surface area contributed by atoms with Gasteiger partial charge in [-0.2, -0.15) is 12.6 Å². The highest BCUT2D eigenvalue weighted by Crippen LogP contribution is 2.05. The average molecular weight is 231 g/mol. The van der Waals surface area contributed by atoms with Crippen LogP contribution in [0.25, 0.3) is 0 Å². The van der Waals surface area contributed by atoms with Crippen LogP contribution in [-0.4, -0.2) is 60.5 Å². The molecule has 0 fully saturated rings. The molecule has 1 atom stereocenters. The normalized spacial score (nSPS) is 15.5. The number of rotatable bonds is 6. The van der Waals surface area contributed by atoms with Crippen LogP contribution >= 0.6 is 0 Å². The molecule has 0 saturated carbocycles. The molecular weight excluding hydrogens is 218 g/mol. The van der Waals surface area contributed by atoms with Crippen LogP contribution in [0.1, 0.15) is 0 Å². The van der Waals surface area contributed by atoms with Gasteiger partial charge in [-0.25, -0.2) is 0 Å². The van der Waals surface area contributed by atoms with Gasteiger partial charge in [-0.1, -0.05) is 0 Å². The average Bonchev–Trinajstić information content (AvgIpc) is 1.78. The maximum Gasteiger partial charge on any atom is 0.419 e. The standard InChI is InChI=1S/C5H13NO7S/c1-6-2-4(7)3-14(11,12)13-5(8,9)10/h4,6-10H,2-3H2,1H3. The molecule has 0 aliphatic carbocycles. The van der Waals surface area contributed by atoms with Crippen molar-refractivity contribution in [3.63, 3.8) is 0 Å². The molecule has 0 aliphatic heterocycles. The van der Waals surface area contributed by atoms with Gasteiger partial charge in [0.15, 0.2) is 0 Å². The second-order valence-corrected chi connectivity index (χ2v) is 4.21. The lowest BCUT2D eigenvalue weighted by atomic mass is 10.4. The van der Waals surface area contributed by atoms with Crippen LogP contribution in [0.5, 0.6) is 0 Å². The van der Waals surface area contributed by atoms with Crippen molar-refractivity contribution < 1.29 is 33.0 Å². The van der Waals surface area contributed by atoms with Gasteiger partial charge >= 0.3 is 6.16 Å². The van der Waals surface area contributed by atoms with E-state index >= 15 is 0 Å². The van der Waals surface area contributed by atoms with Crippen molar-refractivity contribution in [1.29, 1.82) is 0 Å². The Bertz CT molecular complexity index is 256. The Morgan fingerprint density at radius 3 is 2.29 bits per heavy atom. The van der Waals surface area contributed by atoms with Gasteiger partial charge in [-0.05, 0) is 7.05 Å². The van der Waals surface area contributed by atoms with Crippen molar-refractivity contribution in [3.05, 3.63) is 0 Å². The number of aliphatic hydroxyl groups excluding tert-OH is 1. The highest BCUT2D eigenvalue weighted by atomic mass is 32.2. The summed E-state index contributed by atoms with van der Waals surface area (Å²) < 4.78 is 25.2. The Labute approximate surface area is 80.9 Å². The molecule has 9 heteroatoms. The van der Waals surface area contributed by atoms with Gasteiger partial charge in [0.2, 0.25) is 0 Å². The van der Waals surface area contributed by atoms with Gasteiger partial charge in [0.25, 0.3) is 10.1 Å². The van der Waals surface area contributed by atoms with Crippen LogP contribution in [0.4, 0.5) is 0 Å². The van der Waals surface area contributed by atoms with E-state index in [0.29, 0.717) is 0 Å². The fraction of sp³-hybridized carbons (Fsp3) is 1.00. The molecule has 0 saturated heterocycles. The first-order valence-corrected chi connectivity index (χ1v) is 5.17. The largest absolute Gasteiger partial charge is 0.419 e. The Hall–Kier alpha value is -0.290. The van der Waals surface area contributed by atoms with Crippen molar-refractivity contribution in [2.24, 2.45) is 0 Å². The van der Waals surface area contributed by atoms with Crippen LogP contribution in [0.2, 0.25) is 0 Å². The van der Waals surface area contributed by atoms with E-state index in [-0.39, 0.29) is 6.54 Å². The van der Waals surface area contributed by atoms with Gasteiger partial charge in [0, 0.05) is 6.54 Å². The number of nitrogens with one attached hydrogen (secondary N) is 1. The van der Waals surface area contributed by atoms with Gasteiger partial charge in [-0.15, -0.1) is 0 Å². The third-order valence-corrected chi connectivity index (χ3v) is 2.35. The van der Waals surface area contributed by atoms with Crippen molar-refractivity contribution in [2.75, 3.05) is 19.3 Å². The highest BCUT2D eigenvalue weighted by Gasteiger charge is 2.30. The van der Waals surface area contributed by atoms with Crippen LogP contribution < -0.4 is 5.32 Å². The molecule has 0 aromatic rings. The Morgan fingerprint density at radius 2 is 1.93 bits per heavy atom. The predicted octanol–water partition coefficient (Wildman–Crippen LogP) is -3.50. The van der Waals surface area contributed by atoms with Gasteiger partial charge in [0.05, 0.1) is 6.10 Å². The molecule has 8 nitrogen and oxygen atoms in total. The molecule has 1 unspecified atom stereocenters. The SMILES string of the molecule is CNCC(O)CS(=O)(=O)OC(O)(O)O. The fourth-order valence-electron chi connectivity index (χ4n) is 0.735. The van der Waals surface area contributed by atoms with E-state index in [1.165, 1.54) is 7.05 Å². The Balaban J connectivity index is 4.22. The minimum absolute atomic E-state index is 0.0160. The summed E-state index contributed by atoms with van der Waals surface area (Å²) in [6.07, 6.45) is -5.02. The molecule has 0 rings (SSSR count). The lowest BCUT2D eigenvalue weighted by Gasteiger charge is -2.15. The minimum Gasteiger partial charge on any atom is -0.391 e. The molecular formula is C5H13NO7S. The number of aliphatic hydroxyl groups is 4. The second kappa shape index (κ2) is 4.98. The van der Waals surface area contributed by atoms with E-state index < -0.39 is 28.1 Å². The molecule has 0 aromatic heterocycles. The zero-order valence-electron chi connectivity index (χ0n) is 7.41. The summed E-state index contributed by atoms with van der Waals surface area (Å²) in [5.74, 6) is -0.864. The number of hydrogen-bond acceptors (Lipinski definition) is 8. The van der Waals surface area contributed by atoms with Crippen molar-refractivity contribution in [2.45, 2.75) is 12.3 Å². The van der Waals surface area contributed by atoms with Gasteiger partial charge in [0.1, 0.15) is 5.75 Å². The van der Waals surface area contributed by atoms with Crippen molar-refractivity contribution in [1.82, 2.24) is 5.32 Å². The summed E-state index contributed by atoms with van der Waals surface area (Å²) in [5, 5.41) is 36.1. The molecule has 0 radical (unpaired) electrons. The molecule has 0 bridgehead atoms. The topological polar surface area (TPSA) is 136 Å². The predicted molar refractivity (Wildman–Crippen MR) is 44.2 cm³/mol. The Kier molecular flexibility index (Phi) is 4.88. The molecule has 5 N–H and O–H groups in total. The van der Waals surface area contributed by atoms with E-state index in [9.17, 15) is 8.42 Å². The smallest absolute Gasteiger partial charge is 0.391 e. The quantitative estimate of drug-likeness (QED) is 0.234. The third-order valence-electron chi connectivity index (χ3n) is 1.08. The van der Waals surface area contributed by atoms with Crippen LogP contribution in [0.15, 0.2) is 0 Å². The highest BCUT2D eigenvalue weighted by molar-refractivity contribution is 7.86. The summed E-state index contributed by atoms with van der Waals surface area (Å²) in [6.45, 7) is -0.0160. The summed E-state index contributed by atoms with van der Waals surface area (Å²) in [7, 11) is -2.91. The van der Waals surface area contributed by atoms with E-state index in [2.05, 4.69) is 9.50 Å². The number of hydrogen-bond donors (Lipinski definition) is 5. The lowest BCUT2D eigenvalue weighted by Crippen LogP contribution is -2.38. The minimum atomic E-state index is -4.40. The lowest BCUT2D eigenvalue weighted by molar-refractivity contribution is -0.418. The summed E-state index contributed by atoms with van der Waals surface area (Å²) in [6, 6.07) is 0. The van der Waals surface area contributed by atoms with Crippen LogP contribution in [0.3, 0.4) is 0 Å². The molecule has 0 aromatic carbocycles. The van der Waals surface area contributed by atoms with Crippen molar-refractivity contribution in [3.8, 4) is 0 Å². The first-order chi connectivity index (χ1) is 6.16. The van der Waals surface area contributed by atoms with Gasteiger partial charge < -0.3 is 25.7 Å². The third kappa shape index (κ3) is 7.15. The number of likely N-dealkylation sites (N-methyl/N-ethyl adjacent to an activating group) is 1. The zero-order chi connectivity index (χ0) is 11.4. The first kappa shape index (κ1) is 13.7. The molecule has 0 spiro atoms. The monoisotopic (exact) mass is 231 g/mol. The molecule has 14 heavy (non-hydrogen) atoms. The molecule has 0 heterocycles. The molecule has 0 aliphatic rings. The van der Waals surface area contributed by atoms with E-state index in [0.717, 1.165) is 0 Å². The first-order valence-electron chi connectivity index (χ1n) is 3.59. The van der Waals surface area contributed by atoms with Gasteiger partial charge in [-0.3, -0.25) is 0 Å². The maximum absolute atomic E-state index is 10.8. The summed E-state index contributed by atoms with van der Waals surface area (Å²) >= 11 is 0. The van der Waals surface area contributed by atoms with E-state index in [4.69, 9.17) is 20.4 Å². The second-order valence-electron chi connectivity index (χ2n) is 2.59. The van der Waals surface area contributed by atoms with E-state index in [1.54, 1.807) is 0 Å². The summed E-state index contributed by atoms with van der Waals surface area (Å²) in [4.78, 5) is 0. The zero-order valence-corrected chi connectivity index (χ0v) is 8.23. The van der Waals surface area contributed by atoms with Crippen LogP contribution in [-0.2, 0) is 14.3 Å². The molecule has 0 amide bonds. The molecule has 86 valence electrons. The van der Waals surface area contributed by atoms with Crippen LogP contribution in [0, 0.1) is 0 Å². The van der Waals surface area contributed by atoms with Crippen molar-refractivity contribution >= 4 is 10.1 Å².